The van der Waals surface area contributed by atoms with Crippen molar-refractivity contribution >= 4 is 18.0 Å². The van der Waals surface area contributed by atoms with E-state index in [1.54, 1.807) is 19.1 Å². The smallest absolute Gasteiger partial charge is 0.416 e. The molecular weight excluding hydrogens is 377 g/mol. The van der Waals surface area contributed by atoms with Crippen LogP contribution in [0.15, 0.2) is 36.7 Å². The Hall–Kier alpha value is -3.69. The number of hydrogen-bond acceptors (Lipinski definition) is 8. The number of rotatable bonds is 5. The molecule has 1 aliphatic heterocycles. The SMILES string of the molecule is Cc1cc(-c2ccc([C@H](C)Nc3ncnc(N4CCOC4=O)n3)nn2)ccc1F. The fraction of sp³-hybridized carbons (Fsp3) is 0.263. The van der Waals surface area contributed by atoms with Crippen LogP contribution in [0.1, 0.15) is 24.2 Å². The summed E-state index contributed by atoms with van der Waals surface area (Å²) in [6.45, 7) is 4.30. The van der Waals surface area contributed by atoms with Crippen LogP contribution in [0.5, 0.6) is 0 Å². The van der Waals surface area contributed by atoms with Crippen molar-refractivity contribution in [1.29, 1.82) is 0 Å². The van der Waals surface area contributed by atoms with Gasteiger partial charge < -0.3 is 10.1 Å². The lowest BCUT2D eigenvalue weighted by Gasteiger charge is -2.15. The minimum absolute atomic E-state index is 0.227. The second-order valence-corrected chi connectivity index (χ2v) is 6.55. The summed E-state index contributed by atoms with van der Waals surface area (Å²) in [5, 5.41) is 11.6. The van der Waals surface area contributed by atoms with Gasteiger partial charge in [0.1, 0.15) is 18.8 Å². The molecule has 148 valence electrons. The molecule has 0 bridgehead atoms. The van der Waals surface area contributed by atoms with Crippen molar-refractivity contribution < 1.29 is 13.9 Å². The molecule has 0 spiro atoms. The largest absolute Gasteiger partial charge is 0.447 e. The highest BCUT2D eigenvalue weighted by atomic mass is 19.1. The monoisotopic (exact) mass is 395 g/mol. The topological polar surface area (TPSA) is 106 Å². The van der Waals surface area contributed by atoms with Crippen LogP contribution in [0, 0.1) is 12.7 Å². The zero-order valence-corrected chi connectivity index (χ0v) is 15.8. The van der Waals surface area contributed by atoms with E-state index in [9.17, 15) is 9.18 Å². The lowest BCUT2D eigenvalue weighted by molar-refractivity contribution is 0.181. The van der Waals surface area contributed by atoms with Crippen molar-refractivity contribution in [2.45, 2.75) is 19.9 Å². The second kappa shape index (κ2) is 7.74. The molecule has 1 aromatic carbocycles. The van der Waals surface area contributed by atoms with Crippen LogP contribution in [0.4, 0.5) is 21.1 Å². The zero-order chi connectivity index (χ0) is 20.4. The van der Waals surface area contributed by atoms with E-state index in [2.05, 4.69) is 30.5 Å². The van der Waals surface area contributed by atoms with E-state index in [0.717, 1.165) is 5.56 Å². The van der Waals surface area contributed by atoms with Gasteiger partial charge in [-0.3, -0.25) is 0 Å². The first-order valence-electron chi connectivity index (χ1n) is 9.01. The zero-order valence-electron chi connectivity index (χ0n) is 15.8. The molecule has 1 aliphatic rings. The van der Waals surface area contributed by atoms with E-state index in [1.807, 2.05) is 19.1 Å². The minimum atomic E-state index is -0.479. The molecule has 0 saturated carbocycles. The molecule has 9 nitrogen and oxygen atoms in total. The number of carbonyl (C=O) groups is 1. The quantitative estimate of drug-likeness (QED) is 0.703. The Labute approximate surface area is 166 Å². The Morgan fingerprint density at radius 2 is 2.07 bits per heavy atom. The molecule has 1 atom stereocenters. The lowest BCUT2D eigenvalue weighted by Crippen LogP contribution is -2.26. The molecule has 29 heavy (non-hydrogen) atoms. The maximum absolute atomic E-state index is 13.5. The predicted molar refractivity (Wildman–Crippen MR) is 103 cm³/mol. The minimum Gasteiger partial charge on any atom is -0.447 e. The summed E-state index contributed by atoms with van der Waals surface area (Å²) in [7, 11) is 0. The molecule has 1 amide bonds. The average molecular weight is 395 g/mol. The summed E-state index contributed by atoms with van der Waals surface area (Å²) < 4.78 is 18.3. The third-order valence-electron chi connectivity index (χ3n) is 4.49. The number of benzene rings is 1. The van der Waals surface area contributed by atoms with Gasteiger partial charge in [-0.2, -0.15) is 15.2 Å². The lowest BCUT2D eigenvalue weighted by atomic mass is 10.1. The number of nitrogens with zero attached hydrogens (tertiary/aromatic N) is 6. The van der Waals surface area contributed by atoms with E-state index in [-0.39, 0.29) is 17.8 Å². The van der Waals surface area contributed by atoms with Gasteiger partial charge in [0.2, 0.25) is 11.9 Å². The van der Waals surface area contributed by atoms with Crippen LogP contribution in [0.25, 0.3) is 11.3 Å². The molecular formula is C19H18FN7O2. The molecule has 3 aromatic rings. The Kier molecular flexibility index (Phi) is 4.98. The van der Waals surface area contributed by atoms with Crippen molar-refractivity contribution in [3.63, 3.8) is 0 Å². The molecule has 2 aromatic heterocycles. The van der Waals surface area contributed by atoms with Crippen LogP contribution in [-0.4, -0.2) is 44.4 Å². The predicted octanol–water partition coefficient (Wildman–Crippen LogP) is 2.91. The van der Waals surface area contributed by atoms with Gasteiger partial charge in [-0.25, -0.2) is 24.1 Å². The Morgan fingerprint density at radius 3 is 2.76 bits per heavy atom. The van der Waals surface area contributed by atoms with E-state index in [4.69, 9.17) is 4.74 Å². The number of cyclic esters (lactones) is 1. The molecule has 1 fully saturated rings. The van der Waals surface area contributed by atoms with Gasteiger partial charge in [-0.05, 0) is 49.7 Å². The molecule has 0 aliphatic carbocycles. The second-order valence-electron chi connectivity index (χ2n) is 6.55. The molecule has 1 N–H and O–H groups in total. The molecule has 4 rings (SSSR count). The van der Waals surface area contributed by atoms with Crippen LogP contribution in [-0.2, 0) is 4.74 Å². The van der Waals surface area contributed by atoms with E-state index >= 15 is 0 Å². The van der Waals surface area contributed by atoms with Crippen molar-refractivity contribution in [2.75, 3.05) is 23.4 Å². The van der Waals surface area contributed by atoms with Gasteiger partial charge >= 0.3 is 6.09 Å². The Bertz CT molecular complexity index is 1040. The summed E-state index contributed by atoms with van der Waals surface area (Å²) in [6, 6.07) is 8.23. The number of carbonyl (C=O) groups excluding carboxylic acids is 1. The van der Waals surface area contributed by atoms with Crippen molar-refractivity contribution in [3.05, 3.63) is 53.7 Å². The van der Waals surface area contributed by atoms with Crippen LogP contribution >= 0.6 is 0 Å². The normalized spacial score (nSPS) is 14.6. The van der Waals surface area contributed by atoms with E-state index in [1.165, 1.54) is 17.3 Å². The number of nitrogens with one attached hydrogen (secondary N) is 1. The summed E-state index contributed by atoms with van der Waals surface area (Å²) in [5.41, 5.74) is 2.67. The highest BCUT2D eigenvalue weighted by Crippen LogP contribution is 2.22. The van der Waals surface area contributed by atoms with Crippen LogP contribution in [0.3, 0.4) is 0 Å². The summed E-state index contributed by atoms with van der Waals surface area (Å²) in [6.07, 6.45) is 0.849. The number of ether oxygens (including phenoxy) is 1. The first kappa shape index (κ1) is 18.7. The third-order valence-corrected chi connectivity index (χ3v) is 4.49. The first-order valence-corrected chi connectivity index (χ1v) is 9.01. The molecule has 0 radical (unpaired) electrons. The summed E-state index contributed by atoms with van der Waals surface area (Å²) in [5.74, 6) is 0.280. The fourth-order valence-corrected chi connectivity index (χ4v) is 2.86. The maximum Gasteiger partial charge on any atom is 0.416 e. The van der Waals surface area contributed by atoms with Gasteiger partial charge in [0.15, 0.2) is 0 Å². The number of hydrogen-bond donors (Lipinski definition) is 1. The maximum atomic E-state index is 13.5. The standard InChI is InChI=1S/C19H18FN7O2/c1-11-9-13(3-4-14(11)20)16-6-5-15(25-26-16)12(2)23-17-21-10-22-18(24-17)27-7-8-29-19(27)28/h3-6,9-10,12H,7-8H2,1-2H3,(H,21,22,23,24)/t12-/m0/s1. The fourth-order valence-electron chi connectivity index (χ4n) is 2.86. The van der Waals surface area contributed by atoms with Gasteiger partial charge in [0, 0.05) is 5.56 Å². The summed E-state index contributed by atoms with van der Waals surface area (Å²) >= 11 is 0. The molecule has 1 saturated heterocycles. The van der Waals surface area contributed by atoms with Gasteiger partial charge in [-0.15, -0.1) is 0 Å². The number of aromatic nitrogens is 5. The molecule has 0 unspecified atom stereocenters. The number of anilines is 2. The highest BCUT2D eigenvalue weighted by molar-refractivity contribution is 5.87. The van der Waals surface area contributed by atoms with E-state index in [0.29, 0.717) is 36.1 Å². The molecule has 10 heteroatoms. The van der Waals surface area contributed by atoms with Crippen molar-refractivity contribution in [2.24, 2.45) is 0 Å². The average Bonchev–Trinajstić information content (AvgIpc) is 3.16. The Morgan fingerprint density at radius 1 is 1.21 bits per heavy atom. The van der Waals surface area contributed by atoms with Crippen LogP contribution < -0.4 is 10.2 Å². The van der Waals surface area contributed by atoms with Gasteiger partial charge in [0.25, 0.3) is 0 Å². The van der Waals surface area contributed by atoms with Crippen molar-refractivity contribution in [3.8, 4) is 11.3 Å². The van der Waals surface area contributed by atoms with Crippen molar-refractivity contribution in [1.82, 2.24) is 25.1 Å². The summed E-state index contributed by atoms with van der Waals surface area (Å²) in [4.78, 5) is 25.4. The van der Waals surface area contributed by atoms with Crippen LogP contribution in [0.2, 0.25) is 0 Å². The molecule has 3 heterocycles. The first-order chi connectivity index (χ1) is 14.0. The van der Waals surface area contributed by atoms with E-state index < -0.39 is 6.09 Å². The Balaban J connectivity index is 1.48. The van der Waals surface area contributed by atoms with Gasteiger partial charge in [-0.1, -0.05) is 0 Å². The third kappa shape index (κ3) is 3.96. The highest BCUT2D eigenvalue weighted by Gasteiger charge is 2.26. The number of halogens is 1. The van der Waals surface area contributed by atoms with Gasteiger partial charge in [0.05, 0.1) is 24.0 Å². The number of amides is 1. The number of aryl methyl sites for hydroxylation is 1.